The lowest BCUT2D eigenvalue weighted by molar-refractivity contribution is -0.00444. The van der Waals surface area contributed by atoms with Crippen LogP contribution in [0.1, 0.15) is 45.1 Å². The van der Waals surface area contributed by atoms with E-state index in [-0.39, 0.29) is 12.1 Å². The number of piperazine rings is 1. The number of pyridine rings is 1. The van der Waals surface area contributed by atoms with E-state index in [9.17, 15) is 9.90 Å². The topological polar surface area (TPSA) is 65.9 Å². The van der Waals surface area contributed by atoms with Crippen molar-refractivity contribution < 1.29 is 14.6 Å². The maximum atomic E-state index is 12.2. The smallest absolute Gasteiger partial charge is 0.410 e. The van der Waals surface area contributed by atoms with Crippen molar-refractivity contribution in [2.75, 3.05) is 26.2 Å². The first-order chi connectivity index (χ1) is 11.2. The van der Waals surface area contributed by atoms with E-state index >= 15 is 0 Å². The van der Waals surface area contributed by atoms with Crippen LogP contribution in [0.15, 0.2) is 18.3 Å². The molecule has 0 radical (unpaired) electrons. The number of aromatic nitrogens is 1. The molecule has 0 aromatic carbocycles. The monoisotopic (exact) mass is 335 g/mol. The zero-order chi connectivity index (χ0) is 17.9. The molecule has 1 aliphatic rings. The van der Waals surface area contributed by atoms with E-state index in [0.29, 0.717) is 31.9 Å². The van der Waals surface area contributed by atoms with E-state index < -0.39 is 11.7 Å². The largest absolute Gasteiger partial charge is 0.444 e. The molecule has 0 bridgehead atoms. The summed E-state index contributed by atoms with van der Waals surface area (Å²) in [7, 11) is 0. The molecule has 1 fully saturated rings. The van der Waals surface area contributed by atoms with Crippen LogP contribution in [-0.4, -0.2) is 63.8 Å². The minimum atomic E-state index is -0.620. The number of β-amino-alcohol motifs (C(OH)–C–C–N with tert-alkyl or cyclic N) is 1. The standard InChI is InChI=1S/C18H29N3O3/c1-13-6-7-15(19-10-13)16(22)12-20-8-9-21(14(2)11-20)17(23)24-18(3,4)5/h6-7,10,14,16,22H,8-9,11-12H2,1-5H3/t14-,16-/m1/s1. The fraction of sp³-hybridized carbons (Fsp3) is 0.667. The summed E-state index contributed by atoms with van der Waals surface area (Å²) in [5.41, 5.74) is 1.27. The molecule has 0 unspecified atom stereocenters. The number of aliphatic hydroxyl groups excluding tert-OH is 1. The minimum Gasteiger partial charge on any atom is -0.444 e. The number of amides is 1. The summed E-state index contributed by atoms with van der Waals surface area (Å²) in [5, 5.41) is 10.4. The van der Waals surface area contributed by atoms with Gasteiger partial charge in [-0.05, 0) is 46.2 Å². The Balaban J connectivity index is 1.88. The van der Waals surface area contributed by atoms with Gasteiger partial charge in [0.15, 0.2) is 0 Å². The van der Waals surface area contributed by atoms with Crippen LogP contribution in [0.5, 0.6) is 0 Å². The van der Waals surface area contributed by atoms with Crippen LogP contribution in [-0.2, 0) is 4.74 Å². The molecule has 0 spiro atoms. The number of aryl methyl sites for hydroxylation is 1. The number of aliphatic hydroxyl groups is 1. The quantitative estimate of drug-likeness (QED) is 0.918. The first-order valence-corrected chi connectivity index (χ1v) is 8.48. The highest BCUT2D eigenvalue weighted by Crippen LogP contribution is 2.18. The molecule has 0 aliphatic carbocycles. The molecule has 1 amide bonds. The van der Waals surface area contributed by atoms with Gasteiger partial charge in [-0.2, -0.15) is 0 Å². The van der Waals surface area contributed by atoms with Crippen molar-refractivity contribution in [2.45, 2.75) is 52.4 Å². The van der Waals surface area contributed by atoms with Gasteiger partial charge < -0.3 is 14.7 Å². The third-order valence-corrected chi connectivity index (χ3v) is 4.05. The van der Waals surface area contributed by atoms with E-state index in [1.165, 1.54) is 0 Å². The van der Waals surface area contributed by atoms with Crippen molar-refractivity contribution >= 4 is 6.09 Å². The molecule has 2 rings (SSSR count). The third kappa shape index (κ3) is 5.18. The lowest BCUT2D eigenvalue weighted by atomic mass is 10.1. The highest BCUT2D eigenvalue weighted by molar-refractivity contribution is 5.68. The van der Waals surface area contributed by atoms with Crippen molar-refractivity contribution in [1.82, 2.24) is 14.8 Å². The lowest BCUT2D eigenvalue weighted by Crippen LogP contribution is -2.55. The zero-order valence-corrected chi connectivity index (χ0v) is 15.3. The maximum absolute atomic E-state index is 12.2. The van der Waals surface area contributed by atoms with Crippen molar-refractivity contribution in [2.24, 2.45) is 0 Å². The molecule has 1 aromatic rings. The highest BCUT2D eigenvalue weighted by atomic mass is 16.6. The van der Waals surface area contributed by atoms with Crippen LogP contribution >= 0.6 is 0 Å². The van der Waals surface area contributed by atoms with Gasteiger partial charge in [0.05, 0.1) is 5.69 Å². The van der Waals surface area contributed by atoms with Gasteiger partial charge in [-0.15, -0.1) is 0 Å². The number of hydrogen-bond donors (Lipinski definition) is 1. The Labute approximate surface area is 144 Å². The van der Waals surface area contributed by atoms with Crippen molar-refractivity contribution in [3.63, 3.8) is 0 Å². The van der Waals surface area contributed by atoms with Gasteiger partial charge in [0.25, 0.3) is 0 Å². The Morgan fingerprint density at radius 1 is 1.42 bits per heavy atom. The van der Waals surface area contributed by atoms with Crippen LogP contribution in [0.2, 0.25) is 0 Å². The van der Waals surface area contributed by atoms with Gasteiger partial charge in [0.2, 0.25) is 0 Å². The Hall–Kier alpha value is -1.66. The molecule has 1 aliphatic heterocycles. The summed E-state index contributed by atoms with van der Waals surface area (Å²) in [6.07, 6.45) is 0.878. The van der Waals surface area contributed by atoms with Gasteiger partial charge in [0, 0.05) is 38.4 Å². The minimum absolute atomic E-state index is 0.0479. The molecule has 1 saturated heterocycles. The molecule has 1 N–H and O–H groups in total. The average Bonchev–Trinajstić information content (AvgIpc) is 2.46. The van der Waals surface area contributed by atoms with Crippen LogP contribution in [0, 0.1) is 6.92 Å². The molecule has 134 valence electrons. The molecule has 24 heavy (non-hydrogen) atoms. The van der Waals surface area contributed by atoms with Gasteiger partial charge >= 0.3 is 6.09 Å². The first kappa shape index (κ1) is 18.7. The average molecular weight is 335 g/mol. The maximum Gasteiger partial charge on any atom is 0.410 e. The van der Waals surface area contributed by atoms with Crippen molar-refractivity contribution in [1.29, 1.82) is 0 Å². The molecule has 0 saturated carbocycles. The summed E-state index contributed by atoms with van der Waals surface area (Å²) in [4.78, 5) is 20.4. The molecular formula is C18H29N3O3. The van der Waals surface area contributed by atoms with Gasteiger partial charge in [-0.1, -0.05) is 6.07 Å². The Morgan fingerprint density at radius 3 is 2.67 bits per heavy atom. The number of carbonyl (C=O) groups is 1. The predicted molar refractivity (Wildman–Crippen MR) is 92.8 cm³/mol. The van der Waals surface area contributed by atoms with Crippen LogP contribution in [0.3, 0.4) is 0 Å². The summed E-state index contributed by atoms with van der Waals surface area (Å²) in [5.74, 6) is 0. The van der Waals surface area contributed by atoms with Crippen molar-refractivity contribution in [3.05, 3.63) is 29.6 Å². The lowest BCUT2D eigenvalue weighted by Gasteiger charge is -2.40. The normalized spacial score (nSPS) is 20.8. The number of hydrogen-bond acceptors (Lipinski definition) is 5. The zero-order valence-electron chi connectivity index (χ0n) is 15.3. The second-order valence-electron chi connectivity index (χ2n) is 7.56. The molecule has 1 aromatic heterocycles. The first-order valence-electron chi connectivity index (χ1n) is 8.48. The molecule has 6 heteroatoms. The Bertz CT molecular complexity index is 554. The number of rotatable bonds is 3. The van der Waals surface area contributed by atoms with Crippen LogP contribution < -0.4 is 0 Å². The second-order valence-corrected chi connectivity index (χ2v) is 7.56. The number of carbonyl (C=O) groups excluding carboxylic acids is 1. The van der Waals surface area contributed by atoms with Crippen LogP contribution in [0.25, 0.3) is 0 Å². The van der Waals surface area contributed by atoms with Gasteiger partial charge in [-0.25, -0.2) is 4.79 Å². The van der Waals surface area contributed by atoms with Gasteiger partial charge in [-0.3, -0.25) is 9.88 Å². The highest BCUT2D eigenvalue weighted by Gasteiger charge is 2.31. The summed E-state index contributed by atoms with van der Waals surface area (Å²) in [6, 6.07) is 3.86. The fourth-order valence-electron chi connectivity index (χ4n) is 2.81. The van der Waals surface area contributed by atoms with E-state index in [2.05, 4.69) is 9.88 Å². The molecule has 6 nitrogen and oxygen atoms in total. The summed E-state index contributed by atoms with van der Waals surface area (Å²) < 4.78 is 5.45. The predicted octanol–water partition coefficient (Wildman–Crippen LogP) is 2.36. The molecule has 2 heterocycles. The van der Waals surface area contributed by atoms with E-state index in [0.717, 1.165) is 5.56 Å². The van der Waals surface area contributed by atoms with E-state index in [1.807, 2.05) is 46.8 Å². The fourth-order valence-corrected chi connectivity index (χ4v) is 2.81. The van der Waals surface area contributed by atoms with E-state index in [1.54, 1.807) is 11.1 Å². The van der Waals surface area contributed by atoms with Gasteiger partial charge in [0.1, 0.15) is 11.7 Å². The summed E-state index contributed by atoms with van der Waals surface area (Å²) in [6.45, 7) is 12.1. The third-order valence-electron chi connectivity index (χ3n) is 4.05. The molecular weight excluding hydrogens is 306 g/mol. The second kappa shape index (κ2) is 7.49. The number of nitrogens with zero attached hydrogens (tertiary/aromatic N) is 3. The Morgan fingerprint density at radius 2 is 2.12 bits per heavy atom. The van der Waals surface area contributed by atoms with Crippen molar-refractivity contribution in [3.8, 4) is 0 Å². The van der Waals surface area contributed by atoms with Crippen LogP contribution in [0.4, 0.5) is 4.79 Å². The summed E-state index contributed by atoms with van der Waals surface area (Å²) >= 11 is 0. The Kier molecular flexibility index (Phi) is 5.83. The number of ether oxygens (including phenoxy) is 1. The molecule has 2 atom stereocenters. The SMILES string of the molecule is Cc1ccc([C@H](O)CN2CCN(C(=O)OC(C)(C)C)[C@H](C)C2)nc1. The van der Waals surface area contributed by atoms with E-state index in [4.69, 9.17) is 4.74 Å².